The molecule has 7 nitrogen and oxygen atoms in total. The second-order valence-corrected chi connectivity index (χ2v) is 10.3. The molecule has 0 amide bonds. The summed E-state index contributed by atoms with van der Waals surface area (Å²) in [5, 5.41) is 0. The SMILES string of the molecule is CCN1CCCC1CN1C(N)N(c2cccc(Br)c2)C(N)N(C2CCCCCC2)C1N. The summed E-state index contributed by atoms with van der Waals surface area (Å²) in [5.41, 5.74) is 21.8. The molecule has 2 saturated heterocycles. The molecule has 0 radical (unpaired) electrons. The highest BCUT2D eigenvalue weighted by atomic mass is 79.9. The van der Waals surface area contributed by atoms with Crippen LogP contribution in [-0.4, -0.2) is 65.3 Å². The van der Waals surface area contributed by atoms with E-state index >= 15 is 0 Å². The molecule has 4 rings (SSSR count). The van der Waals surface area contributed by atoms with Crippen molar-refractivity contribution in [3.63, 3.8) is 0 Å². The molecule has 6 N–H and O–H groups in total. The van der Waals surface area contributed by atoms with Crippen LogP contribution in [0.5, 0.6) is 0 Å². The number of hydrogen-bond donors (Lipinski definition) is 3. The third-order valence-corrected chi connectivity index (χ3v) is 8.03. The number of nitrogens with zero attached hydrogens (tertiary/aromatic N) is 4. The minimum atomic E-state index is -0.361. The Bertz CT molecular complexity index is 711. The van der Waals surface area contributed by atoms with E-state index in [1.165, 1.54) is 45.1 Å². The molecule has 0 bridgehead atoms. The third kappa shape index (κ3) is 4.95. The number of nitrogens with two attached hydrogens (primary N) is 3. The highest BCUT2D eigenvalue weighted by Gasteiger charge is 2.46. The molecule has 4 atom stereocenters. The Hall–Kier alpha value is -0.740. The standard InChI is InChI=1S/C23H40BrN7/c1-2-28-14-8-13-20(28)16-29-21(25)30(18-10-5-3-4-6-11-18)23(27)31(22(29)26)19-12-7-9-17(24)15-19/h7,9,12,15,18,20-23H,2-6,8,10-11,13-14,16,25-27H2,1H3. The van der Waals surface area contributed by atoms with Gasteiger partial charge in [-0.1, -0.05) is 54.6 Å². The molecule has 4 unspecified atom stereocenters. The summed E-state index contributed by atoms with van der Waals surface area (Å²) in [7, 11) is 0. The Morgan fingerprint density at radius 1 is 0.935 bits per heavy atom. The third-order valence-electron chi connectivity index (χ3n) is 7.54. The predicted molar refractivity (Wildman–Crippen MR) is 131 cm³/mol. The van der Waals surface area contributed by atoms with E-state index in [-0.39, 0.29) is 18.9 Å². The van der Waals surface area contributed by atoms with Gasteiger partial charge in [-0.2, -0.15) is 0 Å². The Morgan fingerprint density at radius 2 is 1.68 bits per heavy atom. The Morgan fingerprint density at radius 3 is 2.35 bits per heavy atom. The van der Waals surface area contributed by atoms with Crippen LogP contribution in [0.1, 0.15) is 58.3 Å². The second kappa shape index (κ2) is 10.5. The number of likely N-dealkylation sites (N-methyl/N-ethyl adjacent to an activating group) is 1. The second-order valence-electron chi connectivity index (χ2n) is 9.34. The van der Waals surface area contributed by atoms with E-state index in [1.807, 2.05) is 12.1 Å². The largest absolute Gasteiger partial charge is 0.315 e. The van der Waals surface area contributed by atoms with Crippen LogP contribution < -0.4 is 22.1 Å². The van der Waals surface area contributed by atoms with Gasteiger partial charge in [-0.15, -0.1) is 0 Å². The van der Waals surface area contributed by atoms with Crippen molar-refractivity contribution in [3.8, 4) is 0 Å². The predicted octanol–water partition coefficient (Wildman–Crippen LogP) is 2.81. The topological polar surface area (TPSA) is 91.0 Å². The molecule has 2 aliphatic heterocycles. The molecule has 174 valence electrons. The molecule has 0 aromatic heterocycles. The maximum Gasteiger partial charge on any atom is 0.139 e. The van der Waals surface area contributed by atoms with Crippen molar-refractivity contribution in [3.05, 3.63) is 28.7 Å². The van der Waals surface area contributed by atoms with Gasteiger partial charge >= 0.3 is 0 Å². The van der Waals surface area contributed by atoms with Gasteiger partial charge in [0, 0.05) is 28.8 Å². The molecule has 1 aromatic rings. The van der Waals surface area contributed by atoms with E-state index in [2.05, 4.69) is 54.6 Å². The first-order chi connectivity index (χ1) is 15.0. The number of likely N-dealkylation sites (tertiary alicyclic amines) is 1. The Kier molecular flexibility index (Phi) is 7.90. The van der Waals surface area contributed by atoms with E-state index in [9.17, 15) is 0 Å². The van der Waals surface area contributed by atoms with Gasteiger partial charge < -0.3 is 10.6 Å². The van der Waals surface area contributed by atoms with Crippen molar-refractivity contribution in [1.82, 2.24) is 14.7 Å². The van der Waals surface area contributed by atoms with Gasteiger partial charge in [0.2, 0.25) is 0 Å². The van der Waals surface area contributed by atoms with Crippen LogP contribution in [-0.2, 0) is 0 Å². The summed E-state index contributed by atoms with van der Waals surface area (Å²) in [6, 6.07) is 9.17. The number of hydrogen-bond acceptors (Lipinski definition) is 7. The molecule has 3 aliphatic rings. The van der Waals surface area contributed by atoms with Gasteiger partial charge in [-0.25, -0.2) is 9.80 Å². The average molecular weight is 495 g/mol. The maximum atomic E-state index is 6.96. The molecule has 1 aliphatic carbocycles. The fourth-order valence-corrected chi connectivity index (χ4v) is 6.24. The van der Waals surface area contributed by atoms with Crippen LogP contribution in [0.15, 0.2) is 28.7 Å². The van der Waals surface area contributed by atoms with E-state index in [0.29, 0.717) is 12.1 Å². The van der Waals surface area contributed by atoms with Gasteiger partial charge in [0.15, 0.2) is 0 Å². The van der Waals surface area contributed by atoms with Gasteiger partial charge in [0.25, 0.3) is 0 Å². The van der Waals surface area contributed by atoms with E-state index in [1.54, 1.807) is 0 Å². The minimum absolute atomic E-state index is 0.268. The fraction of sp³-hybridized carbons (Fsp3) is 0.739. The quantitative estimate of drug-likeness (QED) is 0.543. The Labute approximate surface area is 196 Å². The minimum Gasteiger partial charge on any atom is -0.315 e. The summed E-state index contributed by atoms with van der Waals surface area (Å²) in [5.74, 6) is 0. The van der Waals surface area contributed by atoms with Crippen molar-refractivity contribution in [2.45, 2.75) is 89.2 Å². The van der Waals surface area contributed by atoms with Crippen molar-refractivity contribution in [2.24, 2.45) is 17.2 Å². The van der Waals surface area contributed by atoms with Gasteiger partial charge in [0.1, 0.15) is 18.9 Å². The van der Waals surface area contributed by atoms with Crippen LogP contribution >= 0.6 is 15.9 Å². The number of benzene rings is 1. The fourth-order valence-electron chi connectivity index (χ4n) is 5.85. The molecule has 31 heavy (non-hydrogen) atoms. The maximum absolute atomic E-state index is 6.96. The van der Waals surface area contributed by atoms with Gasteiger partial charge in [0.05, 0.1) is 0 Å². The number of halogens is 1. The first kappa shape index (κ1) is 23.4. The smallest absolute Gasteiger partial charge is 0.139 e. The summed E-state index contributed by atoms with van der Waals surface area (Å²) >= 11 is 3.62. The molecule has 0 spiro atoms. The zero-order valence-corrected chi connectivity index (χ0v) is 20.5. The lowest BCUT2D eigenvalue weighted by Gasteiger charge is -2.57. The molecular formula is C23H40BrN7. The van der Waals surface area contributed by atoms with Crippen LogP contribution in [0.25, 0.3) is 0 Å². The molecule has 8 heteroatoms. The van der Waals surface area contributed by atoms with Crippen LogP contribution in [0.2, 0.25) is 0 Å². The Balaban J connectivity index is 1.66. The summed E-state index contributed by atoms with van der Waals surface area (Å²) in [6.45, 7) is 5.36. The molecular weight excluding hydrogens is 454 g/mol. The number of rotatable bonds is 5. The highest BCUT2D eigenvalue weighted by Crippen LogP contribution is 2.33. The van der Waals surface area contributed by atoms with Gasteiger partial charge in [-0.05, 0) is 57.0 Å². The first-order valence-corrected chi connectivity index (χ1v) is 12.9. The average Bonchev–Trinajstić information content (AvgIpc) is 3.03. The lowest BCUT2D eigenvalue weighted by atomic mass is 10.1. The summed E-state index contributed by atoms with van der Waals surface area (Å²) in [6.07, 6.45) is 8.89. The number of anilines is 1. The van der Waals surface area contributed by atoms with Crippen molar-refractivity contribution < 1.29 is 0 Å². The first-order valence-electron chi connectivity index (χ1n) is 12.1. The zero-order chi connectivity index (χ0) is 22.0. The van der Waals surface area contributed by atoms with Crippen LogP contribution in [0, 0.1) is 0 Å². The highest BCUT2D eigenvalue weighted by molar-refractivity contribution is 9.10. The normalized spacial score (nSPS) is 32.5. The van der Waals surface area contributed by atoms with E-state index in [4.69, 9.17) is 17.2 Å². The summed E-state index contributed by atoms with van der Waals surface area (Å²) in [4.78, 5) is 9.35. The summed E-state index contributed by atoms with van der Waals surface area (Å²) < 4.78 is 1.03. The zero-order valence-electron chi connectivity index (χ0n) is 18.9. The molecule has 1 aromatic carbocycles. The molecule has 3 fully saturated rings. The monoisotopic (exact) mass is 493 g/mol. The van der Waals surface area contributed by atoms with E-state index < -0.39 is 0 Å². The van der Waals surface area contributed by atoms with Gasteiger partial charge in [-0.3, -0.25) is 16.4 Å². The van der Waals surface area contributed by atoms with Crippen LogP contribution in [0.4, 0.5) is 5.69 Å². The van der Waals surface area contributed by atoms with E-state index in [0.717, 1.165) is 36.1 Å². The van der Waals surface area contributed by atoms with Crippen molar-refractivity contribution >= 4 is 21.6 Å². The van der Waals surface area contributed by atoms with Crippen molar-refractivity contribution in [2.75, 3.05) is 24.5 Å². The molecule has 1 saturated carbocycles. The lowest BCUT2D eigenvalue weighted by Crippen LogP contribution is -2.80. The van der Waals surface area contributed by atoms with Crippen molar-refractivity contribution in [1.29, 1.82) is 0 Å². The lowest BCUT2D eigenvalue weighted by molar-refractivity contribution is -0.0917. The van der Waals surface area contributed by atoms with Crippen LogP contribution in [0.3, 0.4) is 0 Å². The molecule has 2 heterocycles.